The molecule has 8 nitrogen and oxygen atoms in total. The molecule has 1 heterocycles. The Labute approximate surface area is 198 Å². The molecule has 0 radical (unpaired) electrons. The molecule has 0 amide bonds. The molecule has 0 fully saturated rings. The Hall–Kier alpha value is -4.12. The van der Waals surface area contributed by atoms with Crippen molar-refractivity contribution in [2.24, 2.45) is 11.1 Å². The lowest BCUT2D eigenvalue weighted by Crippen LogP contribution is -2.42. The van der Waals surface area contributed by atoms with Crippen molar-refractivity contribution in [1.29, 1.82) is 5.26 Å². The van der Waals surface area contributed by atoms with Crippen molar-refractivity contribution in [2.75, 3.05) is 23.9 Å². The zero-order valence-electron chi connectivity index (χ0n) is 19.7. The number of ketones is 1. The highest BCUT2D eigenvalue weighted by molar-refractivity contribution is 6.01. The molecule has 2 aliphatic rings. The smallest absolute Gasteiger partial charge is 0.271 e. The van der Waals surface area contributed by atoms with Crippen LogP contribution in [0.3, 0.4) is 0 Å². The van der Waals surface area contributed by atoms with Crippen LogP contribution in [0.15, 0.2) is 71.2 Å². The number of nitrogens with two attached hydrogens (primary N) is 1. The Bertz CT molecular complexity index is 1280. The highest BCUT2D eigenvalue weighted by Crippen LogP contribution is 2.50. The van der Waals surface area contributed by atoms with Gasteiger partial charge in [0, 0.05) is 49.6 Å². The van der Waals surface area contributed by atoms with Crippen molar-refractivity contribution >= 4 is 22.8 Å². The number of hydrogen-bond donors (Lipinski definition) is 1. The van der Waals surface area contributed by atoms with Crippen LogP contribution in [0.4, 0.5) is 17.1 Å². The highest BCUT2D eigenvalue weighted by Gasteiger charge is 2.44. The number of rotatable bonds is 4. The monoisotopic (exact) mass is 457 g/mol. The molecule has 1 aliphatic heterocycles. The van der Waals surface area contributed by atoms with Gasteiger partial charge in [-0.3, -0.25) is 19.8 Å². The van der Waals surface area contributed by atoms with E-state index in [1.54, 1.807) is 17.0 Å². The predicted octanol–water partition coefficient (Wildman–Crippen LogP) is 4.60. The molecule has 174 valence electrons. The highest BCUT2D eigenvalue weighted by atomic mass is 16.6. The third-order valence-electron chi connectivity index (χ3n) is 6.42. The molecule has 0 bridgehead atoms. The Balaban J connectivity index is 1.96. The number of Topliss-reactive ketones (excluding diaryl/α,β-unsaturated/α-hetero) is 1. The molecule has 0 saturated heterocycles. The molecule has 0 aromatic heterocycles. The van der Waals surface area contributed by atoms with Gasteiger partial charge in [-0.1, -0.05) is 32.0 Å². The van der Waals surface area contributed by atoms with Crippen LogP contribution >= 0.6 is 0 Å². The van der Waals surface area contributed by atoms with Gasteiger partial charge in [0.15, 0.2) is 5.78 Å². The van der Waals surface area contributed by atoms with Crippen LogP contribution in [-0.4, -0.2) is 24.8 Å². The predicted molar refractivity (Wildman–Crippen MR) is 131 cm³/mol. The SMILES string of the molecule is CN(C)c1ccc([C@@H]2C(C#N)=C(N)N(c3cccc([N+](=O)[O-])c3)C3=C2C(=O)CC(C)(C)C3)cc1. The van der Waals surface area contributed by atoms with Crippen molar-refractivity contribution in [3.63, 3.8) is 0 Å². The molecule has 2 aromatic rings. The number of carbonyl (C=O) groups is 1. The lowest BCUT2D eigenvalue weighted by Gasteiger charge is -2.43. The van der Waals surface area contributed by atoms with Gasteiger partial charge in [0.25, 0.3) is 5.69 Å². The summed E-state index contributed by atoms with van der Waals surface area (Å²) in [4.78, 5) is 28.1. The summed E-state index contributed by atoms with van der Waals surface area (Å²) < 4.78 is 0. The lowest BCUT2D eigenvalue weighted by atomic mass is 9.68. The average Bonchev–Trinajstić information content (AvgIpc) is 2.77. The number of anilines is 2. The van der Waals surface area contributed by atoms with E-state index in [2.05, 4.69) is 6.07 Å². The molecule has 1 aliphatic carbocycles. The second-order valence-electron chi connectivity index (χ2n) is 9.74. The van der Waals surface area contributed by atoms with Gasteiger partial charge in [0.1, 0.15) is 5.82 Å². The Morgan fingerprint density at radius 3 is 2.44 bits per heavy atom. The van der Waals surface area contributed by atoms with E-state index < -0.39 is 10.8 Å². The summed E-state index contributed by atoms with van der Waals surface area (Å²) >= 11 is 0. The summed E-state index contributed by atoms with van der Waals surface area (Å²) in [6, 6.07) is 16.1. The summed E-state index contributed by atoms with van der Waals surface area (Å²) in [5.41, 5.74) is 9.94. The van der Waals surface area contributed by atoms with Crippen LogP contribution < -0.4 is 15.5 Å². The van der Waals surface area contributed by atoms with Crippen molar-refractivity contribution in [1.82, 2.24) is 0 Å². The Kier molecular flexibility index (Phi) is 5.65. The van der Waals surface area contributed by atoms with Gasteiger partial charge in [0.05, 0.1) is 28.2 Å². The van der Waals surface area contributed by atoms with E-state index in [4.69, 9.17) is 5.73 Å². The number of benzene rings is 2. The molecule has 2 N–H and O–H groups in total. The van der Waals surface area contributed by atoms with E-state index in [-0.39, 0.29) is 28.3 Å². The summed E-state index contributed by atoms with van der Waals surface area (Å²) in [7, 11) is 3.89. The van der Waals surface area contributed by atoms with Gasteiger partial charge in [-0.2, -0.15) is 5.26 Å². The first-order chi connectivity index (χ1) is 16.0. The Morgan fingerprint density at radius 1 is 1.18 bits per heavy atom. The van der Waals surface area contributed by atoms with Crippen molar-refractivity contribution in [3.05, 3.63) is 86.9 Å². The topological polar surface area (TPSA) is 116 Å². The summed E-state index contributed by atoms with van der Waals surface area (Å²) in [5.74, 6) is -0.438. The second kappa shape index (κ2) is 8.34. The molecule has 0 spiro atoms. The van der Waals surface area contributed by atoms with Crippen LogP contribution in [-0.2, 0) is 4.79 Å². The van der Waals surface area contributed by atoms with Crippen LogP contribution in [0.2, 0.25) is 0 Å². The van der Waals surface area contributed by atoms with E-state index in [9.17, 15) is 20.2 Å². The summed E-state index contributed by atoms with van der Waals surface area (Å²) in [5, 5.41) is 21.6. The van der Waals surface area contributed by atoms with Crippen molar-refractivity contribution in [2.45, 2.75) is 32.6 Å². The standard InChI is InChI=1S/C26H27N5O3/c1-26(2)13-21-24(22(32)14-26)23(16-8-10-17(11-9-16)29(3)4)20(15-27)25(28)30(21)18-6-5-7-19(12-18)31(33)34/h5-12,23H,13-14,28H2,1-4H3/t23-/m1/s1. The molecule has 1 atom stereocenters. The third-order valence-corrected chi connectivity index (χ3v) is 6.42. The van der Waals surface area contributed by atoms with E-state index >= 15 is 0 Å². The van der Waals surface area contributed by atoms with E-state index in [0.29, 0.717) is 29.8 Å². The third kappa shape index (κ3) is 3.90. The van der Waals surface area contributed by atoms with E-state index in [1.807, 2.05) is 57.1 Å². The van der Waals surface area contributed by atoms with Gasteiger partial charge in [0.2, 0.25) is 0 Å². The number of nitro groups is 1. The molecule has 0 unspecified atom stereocenters. The van der Waals surface area contributed by atoms with Crippen LogP contribution in [0, 0.1) is 26.9 Å². The average molecular weight is 458 g/mol. The van der Waals surface area contributed by atoms with Gasteiger partial charge in [-0.25, -0.2) is 0 Å². The first-order valence-corrected chi connectivity index (χ1v) is 11.0. The van der Waals surface area contributed by atoms with Crippen LogP contribution in [0.1, 0.15) is 38.2 Å². The Morgan fingerprint density at radius 2 is 1.85 bits per heavy atom. The maximum atomic E-state index is 13.5. The number of nitro benzene ring substituents is 1. The van der Waals surface area contributed by atoms with Crippen LogP contribution in [0.5, 0.6) is 0 Å². The molecule has 2 aromatic carbocycles. The van der Waals surface area contributed by atoms with E-state index in [0.717, 1.165) is 11.3 Å². The number of nitriles is 1. The molecule has 0 saturated carbocycles. The summed E-state index contributed by atoms with van der Waals surface area (Å²) in [6.07, 6.45) is 0.891. The molecular weight excluding hydrogens is 430 g/mol. The minimum Gasteiger partial charge on any atom is -0.384 e. The zero-order chi connectivity index (χ0) is 24.8. The second-order valence-corrected chi connectivity index (χ2v) is 9.74. The van der Waals surface area contributed by atoms with E-state index in [1.165, 1.54) is 12.1 Å². The number of allylic oxidation sites excluding steroid dienone is 3. The van der Waals surface area contributed by atoms with Crippen molar-refractivity contribution in [3.8, 4) is 6.07 Å². The first kappa shape index (κ1) is 23.1. The van der Waals surface area contributed by atoms with Crippen molar-refractivity contribution < 1.29 is 9.72 Å². The fourth-order valence-electron chi connectivity index (χ4n) is 4.85. The van der Waals surface area contributed by atoms with Crippen LogP contribution in [0.25, 0.3) is 0 Å². The molecule has 34 heavy (non-hydrogen) atoms. The maximum absolute atomic E-state index is 13.5. The van der Waals surface area contributed by atoms with Gasteiger partial charge >= 0.3 is 0 Å². The molecular formula is C26H27N5O3. The first-order valence-electron chi connectivity index (χ1n) is 11.0. The largest absolute Gasteiger partial charge is 0.384 e. The number of carbonyl (C=O) groups excluding carboxylic acids is 1. The normalized spacial score (nSPS) is 19.6. The molecule has 8 heteroatoms. The fourth-order valence-corrected chi connectivity index (χ4v) is 4.85. The van der Waals surface area contributed by atoms with Gasteiger partial charge in [-0.15, -0.1) is 0 Å². The lowest BCUT2D eigenvalue weighted by molar-refractivity contribution is -0.384. The molecule has 4 rings (SSSR count). The van der Waals surface area contributed by atoms with Gasteiger partial charge in [-0.05, 0) is 35.6 Å². The number of nitrogens with zero attached hydrogens (tertiary/aromatic N) is 4. The fraction of sp³-hybridized carbons (Fsp3) is 0.308. The minimum atomic E-state index is -0.588. The minimum absolute atomic E-state index is 0.0383. The maximum Gasteiger partial charge on any atom is 0.271 e. The summed E-state index contributed by atoms with van der Waals surface area (Å²) in [6.45, 7) is 4.03. The van der Waals surface area contributed by atoms with Gasteiger partial charge < -0.3 is 10.6 Å². The zero-order valence-corrected chi connectivity index (χ0v) is 19.7. The number of non-ortho nitro benzene ring substituents is 1. The quantitative estimate of drug-likeness (QED) is 0.527. The number of hydrogen-bond acceptors (Lipinski definition) is 7.